The summed E-state index contributed by atoms with van der Waals surface area (Å²) in [6, 6.07) is 11.1. The average Bonchev–Trinajstić information content (AvgIpc) is 2.87. The number of aromatic carboxylic acids is 2. The molecule has 2 atom stereocenters. The zero-order chi connectivity index (χ0) is 25.9. The Hall–Kier alpha value is -3.94. The molecule has 0 heterocycles. The predicted octanol–water partition coefficient (Wildman–Crippen LogP) is 5.52. The van der Waals surface area contributed by atoms with E-state index >= 15 is 0 Å². The summed E-state index contributed by atoms with van der Waals surface area (Å²) in [5.74, 6) is -3.26. The lowest BCUT2D eigenvalue weighted by Crippen LogP contribution is -2.20. The topological polar surface area (TPSA) is 127 Å². The zero-order valence-corrected chi connectivity index (χ0v) is 19.9. The Morgan fingerprint density at radius 3 is 1.17 bits per heavy atom. The van der Waals surface area contributed by atoms with Crippen LogP contribution < -0.4 is 0 Å². The third-order valence-corrected chi connectivity index (χ3v) is 6.02. The van der Waals surface area contributed by atoms with Gasteiger partial charge >= 0.3 is 23.9 Å². The summed E-state index contributed by atoms with van der Waals surface area (Å²) in [7, 11) is 0. The summed E-state index contributed by atoms with van der Waals surface area (Å²) in [4.78, 5) is 47.4. The highest BCUT2D eigenvalue weighted by molar-refractivity contribution is 5.93. The summed E-state index contributed by atoms with van der Waals surface area (Å²) in [5.41, 5.74) is 0.680. The fourth-order valence-corrected chi connectivity index (χ4v) is 3.94. The van der Waals surface area contributed by atoms with Gasteiger partial charge < -0.3 is 19.7 Å². The molecule has 2 unspecified atom stereocenters. The van der Waals surface area contributed by atoms with Gasteiger partial charge in [-0.25, -0.2) is 19.2 Å². The van der Waals surface area contributed by atoms with Crippen LogP contribution in [0.4, 0.5) is 0 Å². The van der Waals surface area contributed by atoms with Crippen molar-refractivity contribution in [1.82, 2.24) is 0 Å². The summed E-state index contributed by atoms with van der Waals surface area (Å²) in [6.07, 6.45) is 9.63. The predicted molar refractivity (Wildman–Crippen MR) is 131 cm³/mol. The molecule has 0 radical (unpaired) electrons. The van der Waals surface area contributed by atoms with E-state index in [9.17, 15) is 19.2 Å². The lowest BCUT2D eigenvalue weighted by molar-refractivity contribution is 0.0333. The second-order valence-corrected chi connectivity index (χ2v) is 8.74. The molecule has 2 aromatic carbocycles. The number of rotatable bonds is 6. The maximum atomic E-state index is 12.7. The van der Waals surface area contributed by atoms with Crippen LogP contribution in [0.5, 0.6) is 0 Å². The van der Waals surface area contributed by atoms with E-state index in [2.05, 4.69) is 0 Å². The van der Waals surface area contributed by atoms with E-state index in [-0.39, 0.29) is 22.3 Å². The van der Waals surface area contributed by atoms with Crippen LogP contribution in [0.2, 0.25) is 0 Å². The summed E-state index contributed by atoms with van der Waals surface area (Å²) >= 11 is 0. The molecule has 2 aromatic rings. The molecule has 0 aromatic heterocycles. The van der Waals surface area contributed by atoms with Crippen LogP contribution in [0.1, 0.15) is 92.8 Å². The summed E-state index contributed by atoms with van der Waals surface area (Å²) < 4.78 is 11.4. The summed E-state index contributed by atoms with van der Waals surface area (Å²) in [5, 5.41) is 18.1. The van der Waals surface area contributed by atoms with Gasteiger partial charge in [0.25, 0.3) is 0 Å². The molecule has 2 N–H and O–H groups in total. The zero-order valence-electron chi connectivity index (χ0n) is 19.9. The Balaban J connectivity index is 1.70. The van der Waals surface area contributed by atoms with E-state index in [0.717, 1.165) is 38.5 Å². The SMILES string of the molecule is O=C(O)c1ccc(C(=O)OC2C=CC(OC(=O)c3ccc(C(=O)O)cc3)CCCCCCCC2)cc1. The smallest absolute Gasteiger partial charge is 0.338 e. The Labute approximate surface area is 209 Å². The molecular formula is C28H30O8. The van der Waals surface area contributed by atoms with E-state index in [1.54, 1.807) is 12.2 Å². The molecular weight excluding hydrogens is 464 g/mol. The molecule has 0 fully saturated rings. The average molecular weight is 495 g/mol. The first kappa shape index (κ1) is 26.7. The third-order valence-electron chi connectivity index (χ3n) is 6.02. The molecule has 0 bridgehead atoms. The highest BCUT2D eigenvalue weighted by Gasteiger charge is 2.18. The summed E-state index contributed by atoms with van der Waals surface area (Å²) in [6.45, 7) is 0. The second kappa shape index (κ2) is 13.2. The largest absolute Gasteiger partial charge is 0.478 e. The van der Waals surface area contributed by atoms with E-state index in [1.165, 1.54) is 48.5 Å². The minimum atomic E-state index is -1.07. The molecule has 0 saturated heterocycles. The van der Waals surface area contributed by atoms with Gasteiger partial charge in [0.1, 0.15) is 12.2 Å². The first-order valence-electron chi connectivity index (χ1n) is 12.1. The number of carbonyl (C=O) groups excluding carboxylic acids is 2. The quantitative estimate of drug-likeness (QED) is 0.397. The van der Waals surface area contributed by atoms with Crippen LogP contribution in [0.15, 0.2) is 60.7 Å². The molecule has 8 heteroatoms. The van der Waals surface area contributed by atoms with E-state index in [0.29, 0.717) is 12.8 Å². The Morgan fingerprint density at radius 1 is 0.528 bits per heavy atom. The van der Waals surface area contributed by atoms with Crippen molar-refractivity contribution in [3.63, 3.8) is 0 Å². The van der Waals surface area contributed by atoms with Crippen LogP contribution in [-0.4, -0.2) is 46.3 Å². The normalized spacial score (nSPS) is 18.8. The van der Waals surface area contributed by atoms with Gasteiger partial charge in [0.15, 0.2) is 0 Å². The van der Waals surface area contributed by atoms with Crippen molar-refractivity contribution in [2.45, 2.75) is 63.6 Å². The fraction of sp³-hybridized carbons (Fsp3) is 0.357. The molecule has 190 valence electrons. The van der Waals surface area contributed by atoms with Crippen molar-refractivity contribution in [3.8, 4) is 0 Å². The number of carboxylic acid groups (broad SMARTS) is 2. The highest BCUT2D eigenvalue weighted by Crippen LogP contribution is 2.19. The lowest BCUT2D eigenvalue weighted by Gasteiger charge is -2.19. The fourth-order valence-electron chi connectivity index (χ4n) is 3.94. The van der Waals surface area contributed by atoms with Crippen molar-refractivity contribution in [3.05, 3.63) is 82.9 Å². The van der Waals surface area contributed by atoms with Crippen molar-refractivity contribution in [2.24, 2.45) is 0 Å². The number of carbonyl (C=O) groups is 4. The van der Waals surface area contributed by atoms with Gasteiger partial charge in [0.2, 0.25) is 0 Å². The monoisotopic (exact) mass is 494 g/mol. The third kappa shape index (κ3) is 8.08. The van der Waals surface area contributed by atoms with Crippen LogP contribution in [0, 0.1) is 0 Å². The van der Waals surface area contributed by atoms with Crippen molar-refractivity contribution < 1.29 is 38.9 Å². The van der Waals surface area contributed by atoms with E-state index < -0.39 is 36.1 Å². The number of hydrogen-bond acceptors (Lipinski definition) is 6. The molecule has 8 nitrogen and oxygen atoms in total. The molecule has 0 spiro atoms. The van der Waals surface area contributed by atoms with E-state index in [4.69, 9.17) is 19.7 Å². The van der Waals surface area contributed by atoms with Crippen molar-refractivity contribution in [1.29, 1.82) is 0 Å². The van der Waals surface area contributed by atoms with E-state index in [1.807, 2.05) is 0 Å². The Morgan fingerprint density at radius 2 is 0.833 bits per heavy atom. The molecule has 1 aliphatic rings. The van der Waals surface area contributed by atoms with Gasteiger partial charge in [-0.05, 0) is 86.4 Å². The van der Waals surface area contributed by atoms with Gasteiger partial charge in [0.05, 0.1) is 22.3 Å². The number of ether oxygens (including phenoxy) is 2. The molecule has 3 rings (SSSR count). The maximum absolute atomic E-state index is 12.7. The van der Waals surface area contributed by atoms with Crippen LogP contribution in [0.3, 0.4) is 0 Å². The standard InChI is InChI=1S/C28H30O8/c29-25(30)19-9-13-21(14-10-19)27(33)35-23-7-5-3-1-2-4-6-8-24(18-17-23)36-28(34)22-15-11-20(12-16-22)26(31)32/h9-18,23-24H,1-8H2,(H,29,30)(H,31,32). The molecule has 0 saturated carbocycles. The van der Waals surface area contributed by atoms with Crippen LogP contribution in [-0.2, 0) is 9.47 Å². The van der Waals surface area contributed by atoms with Crippen molar-refractivity contribution in [2.75, 3.05) is 0 Å². The number of hydrogen-bond donors (Lipinski definition) is 2. The second-order valence-electron chi connectivity index (χ2n) is 8.74. The minimum Gasteiger partial charge on any atom is -0.478 e. The Bertz CT molecular complexity index is 998. The first-order valence-corrected chi connectivity index (χ1v) is 12.1. The van der Waals surface area contributed by atoms with Crippen molar-refractivity contribution >= 4 is 23.9 Å². The maximum Gasteiger partial charge on any atom is 0.338 e. The van der Waals surface area contributed by atoms with Gasteiger partial charge in [-0.2, -0.15) is 0 Å². The molecule has 0 aliphatic heterocycles. The van der Waals surface area contributed by atoms with Gasteiger partial charge in [-0.3, -0.25) is 0 Å². The van der Waals surface area contributed by atoms with Crippen LogP contribution in [0.25, 0.3) is 0 Å². The molecule has 0 amide bonds. The number of benzene rings is 2. The van der Waals surface area contributed by atoms with Gasteiger partial charge in [-0.1, -0.05) is 25.7 Å². The van der Waals surface area contributed by atoms with Gasteiger partial charge in [0, 0.05) is 0 Å². The van der Waals surface area contributed by atoms with Gasteiger partial charge in [-0.15, -0.1) is 0 Å². The minimum absolute atomic E-state index is 0.0831. The first-order chi connectivity index (χ1) is 17.3. The highest BCUT2D eigenvalue weighted by atomic mass is 16.5. The Kier molecular flexibility index (Phi) is 9.80. The lowest BCUT2D eigenvalue weighted by atomic mass is 10.0. The molecule has 1 aliphatic carbocycles. The number of carboxylic acids is 2. The van der Waals surface area contributed by atoms with Crippen LogP contribution >= 0.6 is 0 Å². The number of esters is 2. The molecule has 36 heavy (non-hydrogen) atoms.